The van der Waals surface area contributed by atoms with Crippen LogP contribution in [0.2, 0.25) is 0 Å². The van der Waals surface area contributed by atoms with Crippen molar-refractivity contribution in [3.63, 3.8) is 0 Å². The summed E-state index contributed by atoms with van der Waals surface area (Å²) in [5, 5.41) is 8.37. The van der Waals surface area contributed by atoms with Gasteiger partial charge in [0.1, 0.15) is 11.5 Å². The Morgan fingerprint density at radius 2 is 1.75 bits per heavy atom. The van der Waals surface area contributed by atoms with Crippen LogP contribution in [0.3, 0.4) is 0 Å². The number of nitrogens with zero attached hydrogens (tertiary/aromatic N) is 4. The van der Waals surface area contributed by atoms with Crippen molar-refractivity contribution >= 4 is 16.9 Å². The minimum atomic E-state index is -0.148. The van der Waals surface area contributed by atoms with E-state index in [9.17, 15) is 4.79 Å². The average Bonchev–Trinajstić information content (AvgIpc) is 3.58. The summed E-state index contributed by atoms with van der Waals surface area (Å²) in [6, 6.07) is 15.9. The van der Waals surface area contributed by atoms with Crippen molar-refractivity contribution in [3.05, 3.63) is 83.2 Å². The molecule has 36 heavy (non-hydrogen) atoms. The molecule has 3 heterocycles. The van der Waals surface area contributed by atoms with E-state index in [1.54, 1.807) is 31.3 Å². The zero-order valence-corrected chi connectivity index (χ0v) is 20.7. The number of nitrogens with one attached hydrogen (secondary N) is 1. The Hall–Kier alpha value is -3.91. The number of methoxy groups -OCH3 is 2. The van der Waals surface area contributed by atoms with Gasteiger partial charge in [0.2, 0.25) is 0 Å². The number of pyridine rings is 1. The maximum Gasteiger partial charge on any atom is 0.253 e. The summed E-state index contributed by atoms with van der Waals surface area (Å²) in [4.78, 5) is 20.0. The average molecular weight is 486 g/mol. The Bertz CT molecular complexity index is 1360. The zero-order chi connectivity index (χ0) is 24.9. The molecule has 0 unspecified atom stereocenters. The maximum atomic E-state index is 12.9. The van der Waals surface area contributed by atoms with Gasteiger partial charge in [-0.05, 0) is 55.3 Å². The Balaban J connectivity index is 1.27. The van der Waals surface area contributed by atoms with Gasteiger partial charge in [-0.15, -0.1) is 0 Å². The highest BCUT2D eigenvalue weighted by Gasteiger charge is 2.15. The summed E-state index contributed by atoms with van der Waals surface area (Å²) >= 11 is 0. The minimum absolute atomic E-state index is 0.148. The fourth-order valence-electron chi connectivity index (χ4n) is 4.70. The second kappa shape index (κ2) is 10.8. The van der Waals surface area contributed by atoms with Gasteiger partial charge >= 0.3 is 0 Å². The van der Waals surface area contributed by atoms with Crippen molar-refractivity contribution in [2.45, 2.75) is 32.5 Å². The van der Waals surface area contributed by atoms with Crippen molar-refractivity contribution in [1.29, 1.82) is 0 Å². The van der Waals surface area contributed by atoms with Crippen LogP contribution >= 0.6 is 0 Å². The van der Waals surface area contributed by atoms with Crippen LogP contribution in [0, 0.1) is 0 Å². The first kappa shape index (κ1) is 23.8. The van der Waals surface area contributed by atoms with Gasteiger partial charge in [0.05, 0.1) is 32.5 Å². The molecule has 1 amide bonds. The van der Waals surface area contributed by atoms with Crippen LogP contribution in [-0.2, 0) is 19.6 Å². The van der Waals surface area contributed by atoms with Crippen molar-refractivity contribution < 1.29 is 14.3 Å². The number of hydrogen-bond donors (Lipinski definition) is 1. The summed E-state index contributed by atoms with van der Waals surface area (Å²) < 4.78 is 12.6. The molecule has 1 aliphatic heterocycles. The number of aromatic nitrogens is 3. The number of hydrogen-bond acceptors (Lipinski definition) is 6. The summed E-state index contributed by atoms with van der Waals surface area (Å²) in [6.07, 6.45) is 5.87. The molecule has 8 nitrogen and oxygen atoms in total. The molecule has 1 fully saturated rings. The fourth-order valence-corrected chi connectivity index (χ4v) is 4.70. The van der Waals surface area contributed by atoms with Crippen LogP contribution < -0.4 is 14.8 Å². The third kappa shape index (κ3) is 5.18. The lowest BCUT2D eigenvalue weighted by molar-refractivity contribution is 0.0950. The summed E-state index contributed by atoms with van der Waals surface area (Å²) in [7, 11) is 3.26. The number of carbonyl (C=O) groups is 1. The van der Waals surface area contributed by atoms with E-state index in [0.29, 0.717) is 24.3 Å². The second-order valence-electron chi connectivity index (χ2n) is 9.05. The van der Waals surface area contributed by atoms with E-state index in [-0.39, 0.29) is 5.91 Å². The minimum Gasteiger partial charge on any atom is -0.497 e. The largest absolute Gasteiger partial charge is 0.497 e. The number of carbonyl (C=O) groups excluding carboxylic acids is 1. The molecule has 0 saturated carbocycles. The van der Waals surface area contributed by atoms with E-state index >= 15 is 0 Å². The zero-order valence-electron chi connectivity index (χ0n) is 20.7. The lowest BCUT2D eigenvalue weighted by Gasteiger charge is -2.17. The van der Waals surface area contributed by atoms with Crippen molar-refractivity contribution in [2.24, 2.45) is 0 Å². The standard InChI is InChI=1S/C28H31N5O3/c1-35-25-10-9-22(26(14-25)36-2)19-33-27-23(17-31-33)13-24(16-29-27)28(34)30-15-20-7-3-4-8-21(20)18-32-11-5-6-12-32/h3-4,7-10,13-14,16-17H,5-6,11-12,15,18-19H2,1-2H3,(H,30,34). The molecular formula is C28H31N5O3. The molecule has 0 bridgehead atoms. The quantitative estimate of drug-likeness (QED) is 0.386. The Morgan fingerprint density at radius 3 is 2.53 bits per heavy atom. The van der Waals surface area contributed by atoms with Gasteiger partial charge in [-0.3, -0.25) is 9.69 Å². The van der Waals surface area contributed by atoms with Gasteiger partial charge in [0.15, 0.2) is 5.65 Å². The van der Waals surface area contributed by atoms with Gasteiger partial charge < -0.3 is 14.8 Å². The molecule has 186 valence electrons. The molecule has 1 N–H and O–H groups in total. The number of rotatable bonds is 9. The number of benzene rings is 2. The van der Waals surface area contributed by atoms with E-state index in [2.05, 4.69) is 38.5 Å². The Morgan fingerprint density at radius 1 is 0.944 bits per heavy atom. The SMILES string of the molecule is COc1ccc(Cn2ncc3cc(C(=O)NCc4ccccc4CN4CCCC4)cnc32)c(OC)c1. The predicted molar refractivity (Wildman–Crippen MR) is 138 cm³/mol. The molecule has 1 saturated heterocycles. The summed E-state index contributed by atoms with van der Waals surface area (Å²) in [5.41, 5.74) is 4.59. The highest BCUT2D eigenvalue weighted by molar-refractivity contribution is 5.96. The lowest BCUT2D eigenvalue weighted by Crippen LogP contribution is -2.25. The van der Waals surface area contributed by atoms with Crippen LogP contribution in [0.15, 0.2) is 60.9 Å². The van der Waals surface area contributed by atoms with Crippen LogP contribution in [0.25, 0.3) is 11.0 Å². The molecule has 0 radical (unpaired) electrons. The molecule has 0 spiro atoms. The van der Waals surface area contributed by atoms with Gasteiger partial charge in [-0.25, -0.2) is 9.67 Å². The van der Waals surface area contributed by atoms with Crippen molar-refractivity contribution in [1.82, 2.24) is 25.0 Å². The normalized spacial score (nSPS) is 13.7. The fraction of sp³-hybridized carbons (Fsp3) is 0.321. The molecule has 2 aromatic heterocycles. The maximum absolute atomic E-state index is 12.9. The smallest absolute Gasteiger partial charge is 0.253 e. The third-order valence-electron chi connectivity index (χ3n) is 6.70. The lowest BCUT2D eigenvalue weighted by atomic mass is 10.1. The predicted octanol–water partition coefficient (Wildman–Crippen LogP) is 4.02. The topological polar surface area (TPSA) is 81.5 Å². The molecule has 4 aromatic rings. The van der Waals surface area contributed by atoms with Gasteiger partial charge in [0.25, 0.3) is 5.91 Å². The van der Waals surface area contributed by atoms with Gasteiger partial charge in [-0.2, -0.15) is 5.10 Å². The number of likely N-dealkylation sites (tertiary alicyclic amines) is 1. The first-order valence-corrected chi connectivity index (χ1v) is 12.2. The van der Waals surface area contributed by atoms with Crippen LogP contribution in [0.1, 0.15) is 39.9 Å². The number of ether oxygens (including phenoxy) is 2. The number of amides is 1. The first-order valence-electron chi connectivity index (χ1n) is 12.2. The van der Waals surface area contributed by atoms with Crippen molar-refractivity contribution in [3.8, 4) is 11.5 Å². The van der Waals surface area contributed by atoms with Crippen LogP contribution in [0.4, 0.5) is 0 Å². The molecule has 5 rings (SSSR count). The number of fused-ring (bicyclic) bond motifs is 1. The second-order valence-corrected chi connectivity index (χ2v) is 9.05. The monoisotopic (exact) mass is 485 g/mol. The van der Waals surface area contributed by atoms with Crippen LogP contribution in [-0.4, -0.2) is 52.9 Å². The molecular weight excluding hydrogens is 454 g/mol. The Labute approximate surface area is 210 Å². The molecule has 8 heteroatoms. The highest BCUT2D eigenvalue weighted by Crippen LogP contribution is 2.26. The molecule has 1 aliphatic rings. The van der Waals surface area contributed by atoms with Gasteiger partial charge in [-0.1, -0.05) is 24.3 Å². The molecule has 0 aliphatic carbocycles. The highest BCUT2D eigenvalue weighted by atomic mass is 16.5. The van der Waals surface area contributed by atoms with Gasteiger partial charge in [0, 0.05) is 36.3 Å². The van der Waals surface area contributed by atoms with E-state index in [1.165, 1.54) is 18.4 Å². The van der Waals surface area contributed by atoms with E-state index in [4.69, 9.17) is 9.47 Å². The molecule has 2 aromatic carbocycles. The van der Waals surface area contributed by atoms with Crippen molar-refractivity contribution in [2.75, 3.05) is 27.3 Å². The Kier molecular flexibility index (Phi) is 7.13. The summed E-state index contributed by atoms with van der Waals surface area (Å²) in [6.45, 7) is 4.19. The van der Waals surface area contributed by atoms with E-state index < -0.39 is 0 Å². The third-order valence-corrected chi connectivity index (χ3v) is 6.70. The van der Waals surface area contributed by atoms with E-state index in [0.717, 1.165) is 47.6 Å². The van der Waals surface area contributed by atoms with Crippen LogP contribution in [0.5, 0.6) is 11.5 Å². The summed E-state index contributed by atoms with van der Waals surface area (Å²) in [5.74, 6) is 1.30. The first-order chi connectivity index (χ1) is 17.6. The van der Waals surface area contributed by atoms with E-state index in [1.807, 2.05) is 30.3 Å². The molecule has 0 atom stereocenters.